The van der Waals surface area contributed by atoms with Crippen molar-refractivity contribution in [3.05, 3.63) is 0 Å². The van der Waals surface area contributed by atoms with Crippen molar-refractivity contribution in [2.45, 2.75) is 43.8 Å². The minimum absolute atomic E-state index is 0.199. The smallest absolute Gasteiger partial charge is 0.327 e. The van der Waals surface area contributed by atoms with Crippen molar-refractivity contribution < 1.29 is 34.2 Å². The van der Waals surface area contributed by atoms with Gasteiger partial charge in [0, 0.05) is 5.75 Å². The molecule has 0 bridgehead atoms. The van der Waals surface area contributed by atoms with Crippen LogP contribution in [0.15, 0.2) is 0 Å². The number of carboxylic acids is 2. The molecule has 0 aliphatic carbocycles. The molecular formula is C15H27N5O7S. The second-order valence-corrected chi connectivity index (χ2v) is 6.21. The van der Waals surface area contributed by atoms with E-state index in [1.165, 1.54) is 0 Å². The number of carboxylic acid groups (broad SMARTS) is 2. The number of carbonyl (C=O) groups is 5. The quantitative estimate of drug-likeness (QED) is 0.106. The Hall–Kier alpha value is -2.38. The minimum atomic E-state index is -1.54. The summed E-state index contributed by atoms with van der Waals surface area (Å²) in [5.74, 6) is -5.38. The minimum Gasteiger partial charge on any atom is -0.481 e. The van der Waals surface area contributed by atoms with Gasteiger partial charge in [0.05, 0.1) is 13.0 Å². The fourth-order valence-electron chi connectivity index (χ4n) is 2.13. The van der Waals surface area contributed by atoms with E-state index in [0.717, 1.165) is 0 Å². The van der Waals surface area contributed by atoms with E-state index in [4.69, 9.17) is 21.7 Å². The van der Waals surface area contributed by atoms with E-state index < -0.39 is 54.2 Å². The van der Waals surface area contributed by atoms with E-state index in [2.05, 4.69) is 28.6 Å². The third-order valence-electron chi connectivity index (χ3n) is 3.59. The zero-order chi connectivity index (χ0) is 21.7. The van der Waals surface area contributed by atoms with Gasteiger partial charge >= 0.3 is 11.9 Å². The Morgan fingerprint density at radius 3 is 1.89 bits per heavy atom. The molecule has 0 rings (SSSR count). The number of hydrogen-bond donors (Lipinski definition) is 8. The highest BCUT2D eigenvalue weighted by molar-refractivity contribution is 7.80. The van der Waals surface area contributed by atoms with Crippen molar-refractivity contribution in [3.8, 4) is 0 Å². The molecule has 160 valence electrons. The fourth-order valence-corrected chi connectivity index (χ4v) is 2.38. The largest absolute Gasteiger partial charge is 0.481 e. The average molecular weight is 421 g/mol. The summed E-state index contributed by atoms with van der Waals surface area (Å²) < 4.78 is 0. The third kappa shape index (κ3) is 10.1. The number of rotatable bonds is 14. The molecule has 28 heavy (non-hydrogen) atoms. The summed E-state index contributed by atoms with van der Waals surface area (Å²) in [6.07, 6.45) is 0.501. The standard InChI is InChI=1S/C15H27N5O7S/c16-4-2-1-3-8(18-11(21)6-17)13(24)19-9(5-12(22)23)14(25)20-10(7-28)15(26)27/h8-10,28H,1-7,16-17H2,(H,18,21)(H,19,24)(H,20,25)(H,22,23)(H,26,27). The van der Waals surface area contributed by atoms with Crippen molar-refractivity contribution in [3.63, 3.8) is 0 Å². The van der Waals surface area contributed by atoms with E-state index in [9.17, 15) is 24.0 Å². The molecule has 0 heterocycles. The normalized spacial score (nSPS) is 13.7. The molecule has 0 fully saturated rings. The lowest BCUT2D eigenvalue weighted by molar-refractivity contribution is -0.143. The van der Waals surface area contributed by atoms with Gasteiger partial charge in [-0.25, -0.2) is 4.79 Å². The monoisotopic (exact) mass is 421 g/mol. The summed E-state index contributed by atoms with van der Waals surface area (Å²) in [5.41, 5.74) is 10.6. The van der Waals surface area contributed by atoms with Gasteiger partial charge in [0.2, 0.25) is 17.7 Å². The molecule has 12 nitrogen and oxygen atoms in total. The molecule has 3 amide bonds. The molecule has 0 aliphatic heterocycles. The van der Waals surface area contributed by atoms with Crippen LogP contribution < -0.4 is 27.4 Å². The van der Waals surface area contributed by atoms with E-state index in [1.807, 2.05) is 0 Å². The number of nitrogens with one attached hydrogen (secondary N) is 3. The molecule has 0 saturated carbocycles. The molecule has 3 unspecified atom stereocenters. The molecule has 13 heteroatoms. The summed E-state index contributed by atoms with van der Waals surface area (Å²) in [4.78, 5) is 58.3. The van der Waals surface area contributed by atoms with Crippen LogP contribution in [-0.4, -0.2) is 76.8 Å². The summed E-state index contributed by atoms with van der Waals surface area (Å²) in [6.45, 7) is 0.0193. The zero-order valence-corrected chi connectivity index (χ0v) is 16.1. The number of aliphatic carboxylic acids is 2. The lowest BCUT2D eigenvalue weighted by atomic mass is 10.1. The highest BCUT2D eigenvalue weighted by atomic mass is 32.1. The summed E-state index contributed by atoms with van der Waals surface area (Å²) in [7, 11) is 0. The van der Waals surface area contributed by atoms with E-state index in [0.29, 0.717) is 19.4 Å². The lowest BCUT2D eigenvalue weighted by Crippen LogP contribution is -2.57. The number of nitrogens with two attached hydrogens (primary N) is 2. The highest BCUT2D eigenvalue weighted by Gasteiger charge is 2.30. The fraction of sp³-hybridized carbons (Fsp3) is 0.667. The van der Waals surface area contributed by atoms with Crippen LogP contribution in [0.5, 0.6) is 0 Å². The molecule has 0 aromatic carbocycles. The lowest BCUT2D eigenvalue weighted by Gasteiger charge is -2.23. The molecule has 0 aromatic heterocycles. The average Bonchev–Trinajstić information content (AvgIpc) is 2.63. The van der Waals surface area contributed by atoms with Crippen LogP contribution in [0.1, 0.15) is 25.7 Å². The van der Waals surface area contributed by atoms with Gasteiger partial charge in [-0.15, -0.1) is 0 Å². The first-order chi connectivity index (χ1) is 13.2. The van der Waals surface area contributed by atoms with Gasteiger partial charge in [-0.1, -0.05) is 0 Å². The molecule has 0 radical (unpaired) electrons. The molecule has 0 aliphatic rings. The first-order valence-corrected chi connectivity index (χ1v) is 9.15. The van der Waals surface area contributed by atoms with Gasteiger partial charge < -0.3 is 37.6 Å². The highest BCUT2D eigenvalue weighted by Crippen LogP contribution is 2.03. The summed E-state index contributed by atoms with van der Waals surface area (Å²) in [6, 6.07) is -3.95. The molecule has 0 saturated heterocycles. The maximum atomic E-state index is 12.5. The second kappa shape index (κ2) is 13.7. The van der Waals surface area contributed by atoms with Gasteiger partial charge in [-0.05, 0) is 25.8 Å². The van der Waals surface area contributed by atoms with Crippen molar-refractivity contribution >= 4 is 42.3 Å². The van der Waals surface area contributed by atoms with Crippen molar-refractivity contribution in [2.75, 3.05) is 18.8 Å². The van der Waals surface area contributed by atoms with Crippen LogP contribution in [0.3, 0.4) is 0 Å². The first kappa shape index (κ1) is 25.6. The Morgan fingerprint density at radius 1 is 0.857 bits per heavy atom. The number of unbranched alkanes of at least 4 members (excludes halogenated alkanes) is 1. The zero-order valence-electron chi connectivity index (χ0n) is 15.2. The topological polar surface area (TPSA) is 214 Å². The first-order valence-electron chi connectivity index (χ1n) is 8.51. The van der Waals surface area contributed by atoms with Crippen LogP contribution in [0.2, 0.25) is 0 Å². The Bertz CT molecular complexity index is 575. The van der Waals surface area contributed by atoms with Crippen LogP contribution in [-0.2, 0) is 24.0 Å². The number of hydrogen-bond acceptors (Lipinski definition) is 8. The molecule has 0 aromatic rings. The van der Waals surface area contributed by atoms with E-state index >= 15 is 0 Å². The van der Waals surface area contributed by atoms with Gasteiger partial charge in [0.25, 0.3) is 0 Å². The Kier molecular flexibility index (Phi) is 12.6. The number of carbonyl (C=O) groups excluding carboxylic acids is 3. The maximum absolute atomic E-state index is 12.5. The van der Waals surface area contributed by atoms with Crippen molar-refractivity contribution in [2.24, 2.45) is 11.5 Å². The van der Waals surface area contributed by atoms with Gasteiger partial charge in [-0.2, -0.15) is 12.6 Å². The van der Waals surface area contributed by atoms with Gasteiger partial charge in [-0.3, -0.25) is 19.2 Å². The van der Waals surface area contributed by atoms with Crippen molar-refractivity contribution in [1.29, 1.82) is 0 Å². The molecular weight excluding hydrogens is 394 g/mol. The Labute approximate surface area is 167 Å². The number of amides is 3. The summed E-state index contributed by atoms with van der Waals surface area (Å²) in [5, 5.41) is 24.7. The second-order valence-electron chi connectivity index (χ2n) is 5.85. The molecule has 0 spiro atoms. The Morgan fingerprint density at radius 2 is 1.43 bits per heavy atom. The van der Waals surface area contributed by atoms with Crippen LogP contribution >= 0.6 is 12.6 Å². The predicted molar refractivity (Wildman–Crippen MR) is 101 cm³/mol. The molecule has 3 atom stereocenters. The van der Waals surface area contributed by atoms with E-state index in [-0.39, 0.29) is 18.7 Å². The third-order valence-corrected chi connectivity index (χ3v) is 3.96. The van der Waals surface area contributed by atoms with Gasteiger partial charge in [0.15, 0.2) is 0 Å². The maximum Gasteiger partial charge on any atom is 0.327 e. The van der Waals surface area contributed by atoms with E-state index in [1.54, 1.807) is 0 Å². The van der Waals surface area contributed by atoms with Crippen LogP contribution in [0.25, 0.3) is 0 Å². The van der Waals surface area contributed by atoms with Gasteiger partial charge in [0.1, 0.15) is 18.1 Å². The van der Waals surface area contributed by atoms with Crippen LogP contribution in [0, 0.1) is 0 Å². The van der Waals surface area contributed by atoms with Crippen molar-refractivity contribution in [1.82, 2.24) is 16.0 Å². The summed E-state index contributed by atoms with van der Waals surface area (Å²) >= 11 is 3.80. The predicted octanol–water partition coefficient (Wildman–Crippen LogP) is -2.98. The van der Waals surface area contributed by atoms with Crippen LogP contribution in [0.4, 0.5) is 0 Å². The Balaban J connectivity index is 5.24. The number of thiol groups is 1. The SMILES string of the molecule is NCCCCC(NC(=O)CN)C(=O)NC(CC(=O)O)C(=O)NC(CS)C(=O)O. The molecule has 9 N–H and O–H groups in total.